The Hall–Kier alpha value is -0.770. The highest BCUT2D eigenvalue weighted by Gasteiger charge is 2.61. The second kappa shape index (κ2) is 9.70. The number of fused-ring (bicyclic) bond motifs is 5. The summed E-state index contributed by atoms with van der Waals surface area (Å²) in [5.41, 5.74) is 9.85. The van der Waals surface area contributed by atoms with Gasteiger partial charge in [-0.25, -0.2) is 10.2 Å². The molecule has 188 valence electrons. The predicted molar refractivity (Wildman–Crippen MR) is 138 cm³/mol. The third kappa shape index (κ3) is 4.71. The average Bonchev–Trinajstić information content (AvgIpc) is 3.10. The highest BCUT2D eigenvalue weighted by molar-refractivity contribution is 6.20. The van der Waals surface area contributed by atoms with E-state index in [1.165, 1.54) is 57.1 Å². The third-order valence-corrected chi connectivity index (χ3v) is 11.3. The van der Waals surface area contributed by atoms with Crippen molar-refractivity contribution < 1.29 is 4.79 Å². The summed E-state index contributed by atoms with van der Waals surface area (Å²) < 4.78 is 0. The Morgan fingerprint density at radius 2 is 1.79 bits per heavy atom. The first-order valence-corrected chi connectivity index (χ1v) is 14.3. The van der Waals surface area contributed by atoms with Crippen molar-refractivity contribution in [3.05, 3.63) is 0 Å². The highest BCUT2D eigenvalue weighted by Crippen LogP contribution is 2.68. The summed E-state index contributed by atoms with van der Waals surface area (Å²) >= 11 is 6.66. The van der Waals surface area contributed by atoms with Crippen molar-refractivity contribution in [3.8, 4) is 0 Å². The molecule has 0 radical (unpaired) electrons. The Morgan fingerprint density at radius 3 is 2.48 bits per heavy atom. The molecule has 4 rings (SSSR count). The number of hydrogen-bond donors (Lipinski definition) is 2. The number of rotatable bonds is 6. The lowest BCUT2D eigenvalue weighted by Crippen LogP contribution is -2.57. The van der Waals surface area contributed by atoms with Crippen LogP contribution >= 0.6 is 11.6 Å². The van der Waals surface area contributed by atoms with Gasteiger partial charge in [0.25, 0.3) is 0 Å². The van der Waals surface area contributed by atoms with Gasteiger partial charge in [-0.15, -0.1) is 11.6 Å². The van der Waals surface area contributed by atoms with E-state index in [2.05, 4.69) is 45.1 Å². The van der Waals surface area contributed by atoms with Gasteiger partial charge in [0.15, 0.2) is 0 Å². The largest absolute Gasteiger partial charge is 0.350 e. The smallest absolute Gasteiger partial charge is 0.332 e. The molecule has 33 heavy (non-hydrogen) atoms. The summed E-state index contributed by atoms with van der Waals surface area (Å²) in [7, 11) is 0. The average molecular weight is 478 g/mol. The maximum atomic E-state index is 11.5. The van der Waals surface area contributed by atoms with Crippen LogP contribution in [-0.2, 0) is 0 Å². The number of nitrogens with one attached hydrogen (secondary N) is 1. The molecule has 0 spiro atoms. The first kappa shape index (κ1) is 25.3. The Labute approximate surface area is 207 Å². The van der Waals surface area contributed by atoms with Gasteiger partial charge in [0, 0.05) is 17.0 Å². The number of nitrogens with zero attached hydrogens (tertiary/aromatic N) is 1. The van der Waals surface area contributed by atoms with Crippen LogP contribution in [0, 0.1) is 52.3 Å². The summed E-state index contributed by atoms with van der Waals surface area (Å²) in [5.74, 6) is 5.07. The van der Waals surface area contributed by atoms with E-state index in [4.69, 9.17) is 17.3 Å². The van der Waals surface area contributed by atoms with E-state index >= 15 is 0 Å². The Balaban J connectivity index is 1.57. The zero-order chi connectivity index (χ0) is 24.0. The number of nitrogens with two attached hydrogens (primary N) is 1. The van der Waals surface area contributed by atoms with Crippen molar-refractivity contribution >= 4 is 23.3 Å². The maximum absolute atomic E-state index is 11.5. The van der Waals surface area contributed by atoms with E-state index in [1.54, 1.807) is 0 Å². The molecule has 4 saturated carbocycles. The quantitative estimate of drug-likeness (QED) is 0.304. The van der Waals surface area contributed by atoms with Crippen LogP contribution in [-0.4, -0.2) is 17.1 Å². The van der Waals surface area contributed by atoms with Crippen LogP contribution in [0.15, 0.2) is 5.10 Å². The fourth-order valence-electron chi connectivity index (χ4n) is 9.29. The van der Waals surface area contributed by atoms with E-state index in [0.717, 1.165) is 48.9 Å². The Morgan fingerprint density at radius 1 is 1.09 bits per heavy atom. The van der Waals surface area contributed by atoms with Gasteiger partial charge in [0.2, 0.25) is 0 Å². The summed E-state index contributed by atoms with van der Waals surface area (Å²) in [6.45, 7) is 12.4. The molecule has 0 aliphatic heterocycles. The standard InChI is InChI=1S/C28H48ClN3O/c1-17(2)7-6-8-18(3)21-9-10-22-20-16-25(31-32-26(30)33)24-15-19(29)11-13-28(24,5)23(20)12-14-27(21,22)4/h17-24H,6-16H2,1-5H3,(H3,30,32,33)/t18-,19+,20+,21-,22+,23+,24-,27-,28-/m1/s1. The lowest BCUT2D eigenvalue weighted by molar-refractivity contribution is -0.0794. The van der Waals surface area contributed by atoms with E-state index in [9.17, 15) is 4.79 Å². The Kier molecular flexibility index (Phi) is 7.45. The molecule has 9 atom stereocenters. The van der Waals surface area contributed by atoms with Gasteiger partial charge in [0.05, 0.1) is 0 Å². The second-order valence-corrected chi connectivity index (χ2v) is 13.7. The molecule has 0 aromatic heterocycles. The van der Waals surface area contributed by atoms with Crippen molar-refractivity contribution in [1.29, 1.82) is 0 Å². The molecule has 5 heteroatoms. The maximum Gasteiger partial charge on any atom is 0.332 e. The molecule has 0 bridgehead atoms. The second-order valence-electron chi connectivity index (χ2n) is 13.1. The lowest BCUT2D eigenvalue weighted by Gasteiger charge is -2.61. The van der Waals surface area contributed by atoms with Crippen LogP contribution in [0.25, 0.3) is 0 Å². The number of halogens is 1. The molecular formula is C28H48ClN3O. The minimum atomic E-state index is -0.561. The molecule has 0 aromatic rings. The summed E-state index contributed by atoms with van der Waals surface area (Å²) in [6.07, 6.45) is 13.9. The summed E-state index contributed by atoms with van der Waals surface area (Å²) in [6, 6.07) is -0.561. The van der Waals surface area contributed by atoms with Gasteiger partial charge in [-0.05, 0) is 97.7 Å². The van der Waals surface area contributed by atoms with Gasteiger partial charge in [0.1, 0.15) is 0 Å². The lowest BCUT2D eigenvalue weighted by atomic mass is 9.44. The fourth-order valence-corrected chi connectivity index (χ4v) is 9.58. The van der Waals surface area contributed by atoms with E-state index < -0.39 is 6.03 Å². The molecule has 4 nitrogen and oxygen atoms in total. The number of primary amides is 1. The van der Waals surface area contributed by atoms with Crippen molar-refractivity contribution in [2.45, 2.75) is 111 Å². The van der Waals surface area contributed by atoms with Crippen LogP contribution < -0.4 is 11.2 Å². The summed E-state index contributed by atoms with van der Waals surface area (Å²) in [4.78, 5) is 11.5. The molecule has 4 fully saturated rings. The SMILES string of the molecule is CC(C)CCC[C@@H](C)[C@H]1CC[C@H]2[C@@H]3CC(=NNC(N)=O)[C@H]4C[C@@H](Cl)CC[C@]4(C)[C@H]3CC[C@]12C. The van der Waals surface area contributed by atoms with Crippen LogP contribution in [0.5, 0.6) is 0 Å². The first-order chi connectivity index (χ1) is 15.6. The van der Waals surface area contributed by atoms with Gasteiger partial charge >= 0.3 is 6.03 Å². The normalized spacial score (nSPS) is 44.8. The first-order valence-electron chi connectivity index (χ1n) is 13.8. The number of carbonyl (C=O) groups excluding carboxylic acids is 1. The van der Waals surface area contributed by atoms with Crippen LogP contribution in [0.1, 0.15) is 105 Å². The van der Waals surface area contributed by atoms with E-state index in [0.29, 0.717) is 17.3 Å². The molecule has 0 heterocycles. The van der Waals surface area contributed by atoms with Crippen molar-refractivity contribution in [2.75, 3.05) is 0 Å². The fraction of sp³-hybridized carbons (Fsp3) is 0.929. The molecule has 0 saturated heterocycles. The van der Waals surface area contributed by atoms with Crippen LogP contribution in [0.4, 0.5) is 4.79 Å². The number of hydrogen-bond acceptors (Lipinski definition) is 2. The van der Waals surface area contributed by atoms with Gasteiger partial charge in [-0.1, -0.05) is 53.9 Å². The molecule has 2 amide bonds. The topological polar surface area (TPSA) is 67.5 Å². The van der Waals surface area contributed by atoms with Crippen LogP contribution in [0.3, 0.4) is 0 Å². The van der Waals surface area contributed by atoms with Gasteiger partial charge < -0.3 is 5.73 Å². The molecule has 4 aliphatic carbocycles. The molecule has 3 N–H and O–H groups in total. The predicted octanol–water partition coefficient (Wildman–Crippen LogP) is 7.35. The van der Waals surface area contributed by atoms with Crippen molar-refractivity contribution in [1.82, 2.24) is 5.43 Å². The zero-order valence-corrected chi connectivity index (χ0v) is 22.5. The molecule has 0 unspecified atom stereocenters. The number of amides is 2. The van der Waals surface area contributed by atoms with Gasteiger partial charge in [-0.3, -0.25) is 0 Å². The number of urea groups is 1. The van der Waals surface area contributed by atoms with Crippen molar-refractivity contribution in [3.63, 3.8) is 0 Å². The minimum Gasteiger partial charge on any atom is -0.350 e. The minimum absolute atomic E-state index is 0.217. The summed E-state index contributed by atoms with van der Waals surface area (Å²) in [5, 5.41) is 4.84. The molecule has 4 aliphatic rings. The monoisotopic (exact) mass is 477 g/mol. The molecule has 0 aromatic carbocycles. The molecular weight excluding hydrogens is 430 g/mol. The number of hydrazone groups is 1. The Bertz CT molecular complexity index is 753. The van der Waals surface area contributed by atoms with Gasteiger partial charge in [-0.2, -0.15) is 5.10 Å². The zero-order valence-electron chi connectivity index (χ0n) is 21.7. The number of alkyl halides is 1. The number of carbonyl (C=O) groups is 1. The van der Waals surface area contributed by atoms with E-state index in [1.807, 2.05) is 0 Å². The van der Waals surface area contributed by atoms with E-state index in [-0.39, 0.29) is 10.8 Å². The van der Waals surface area contributed by atoms with Crippen molar-refractivity contribution in [2.24, 2.45) is 63.1 Å². The van der Waals surface area contributed by atoms with Crippen LogP contribution in [0.2, 0.25) is 0 Å². The third-order valence-electron chi connectivity index (χ3n) is 10.9. The highest BCUT2D eigenvalue weighted by atomic mass is 35.5.